The smallest absolute Gasteiger partial charge is 0.236 e. The molecule has 4 heteroatoms. The molecule has 0 aromatic heterocycles. The van der Waals surface area contributed by atoms with Crippen molar-refractivity contribution in [3.63, 3.8) is 0 Å². The lowest BCUT2D eigenvalue weighted by Gasteiger charge is -2.27. The summed E-state index contributed by atoms with van der Waals surface area (Å²) in [6.07, 6.45) is 3.22. The Morgan fingerprint density at radius 2 is 2.33 bits per heavy atom. The normalized spacial score (nSPS) is 36.1. The van der Waals surface area contributed by atoms with Crippen molar-refractivity contribution < 1.29 is 9.90 Å². The van der Waals surface area contributed by atoms with Crippen LogP contribution >= 0.6 is 11.8 Å². The Morgan fingerprint density at radius 1 is 1.53 bits per heavy atom. The fourth-order valence-electron chi connectivity index (χ4n) is 2.52. The van der Waals surface area contributed by atoms with Crippen molar-refractivity contribution in [2.24, 2.45) is 5.92 Å². The summed E-state index contributed by atoms with van der Waals surface area (Å²) < 4.78 is 0. The number of hydrogen-bond acceptors (Lipinski definition) is 3. The predicted octanol–water partition coefficient (Wildman–Crippen LogP) is 1.11. The highest BCUT2D eigenvalue weighted by atomic mass is 32.2. The molecule has 0 saturated carbocycles. The number of thioether (sulfide) groups is 1. The van der Waals surface area contributed by atoms with Crippen molar-refractivity contribution in [1.29, 1.82) is 0 Å². The zero-order chi connectivity index (χ0) is 10.8. The highest BCUT2D eigenvalue weighted by molar-refractivity contribution is 8.00. The number of aliphatic hydroxyl groups excluding tert-OH is 1. The lowest BCUT2D eigenvalue weighted by Crippen LogP contribution is -2.43. The quantitative estimate of drug-likeness (QED) is 0.771. The number of hydrogen-bond donors (Lipinski definition) is 1. The van der Waals surface area contributed by atoms with Crippen LogP contribution in [0.25, 0.3) is 0 Å². The molecule has 0 aromatic carbocycles. The first-order valence-corrected chi connectivity index (χ1v) is 6.82. The summed E-state index contributed by atoms with van der Waals surface area (Å²) in [6, 6.07) is 0.0682. The topological polar surface area (TPSA) is 40.5 Å². The minimum Gasteiger partial charge on any atom is -0.394 e. The van der Waals surface area contributed by atoms with Gasteiger partial charge in [0.25, 0.3) is 0 Å². The molecule has 3 unspecified atom stereocenters. The molecule has 2 aliphatic rings. The van der Waals surface area contributed by atoms with E-state index in [4.69, 9.17) is 0 Å². The maximum Gasteiger partial charge on any atom is 0.236 e. The van der Waals surface area contributed by atoms with E-state index < -0.39 is 0 Å². The van der Waals surface area contributed by atoms with Crippen LogP contribution in [0.15, 0.2) is 0 Å². The first-order chi connectivity index (χ1) is 7.24. The van der Waals surface area contributed by atoms with Gasteiger partial charge < -0.3 is 10.0 Å². The molecular formula is C11H19NO2S. The van der Waals surface area contributed by atoms with Crippen LogP contribution in [-0.2, 0) is 4.79 Å². The number of carbonyl (C=O) groups excluding carboxylic acids is 1. The Morgan fingerprint density at radius 3 is 2.93 bits per heavy atom. The lowest BCUT2D eigenvalue weighted by molar-refractivity contribution is -0.132. The van der Waals surface area contributed by atoms with E-state index >= 15 is 0 Å². The van der Waals surface area contributed by atoms with Crippen LogP contribution in [0, 0.1) is 5.92 Å². The second-order valence-electron chi connectivity index (χ2n) is 4.55. The van der Waals surface area contributed by atoms with E-state index in [-0.39, 0.29) is 23.8 Å². The average Bonchev–Trinajstić information content (AvgIpc) is 2.85. The first kappa shape index (κ1) is 11.3. The van der Waals surface area contributed by atoms with Gasteiger partial charge in [0, 0.05) is 6.54 Å². The van der Waals surface area contributed by atoms with E-state index in [1.807, 2.05) is 4.90 Å². The van der Waals surface area contributed by atoms with Crippen molar-refractivity contribution in [2.75, 3.05) is 18.9 Å². The standard InChI is InChI=1S/C11H19NO2S/c1-8-4-5-12(9(8)7-13)11(14)10-3-2-6-15-10/h8-10,13H,2-7H2,1H3. The molecule has 86 valence electrons. The Balaban J connectivity index is 2.00. The molecule has 2 fully saturated rings. The maximum absolute atomic E-state index is 12.2. The summed E-state index contributed by atoms with van der Waals surface area (Å²) in [4.78, 5) is 14.1. The van der Waals surface area contributed by atoms with Gasteiger partial charge in [-0.3, -0.25) is 4.79 Å². The van der Waals surface area contributed by atoms with Crippen LogP contribution in [0.3, 0.4) is 0 Å². The van der Waals surface area contributed by atoms with Crippen LogP contribution in [0.5, 0.6) is 0 Å². The molecule has 0 spiro atoms. The fraction of sp³-hybridized carbons (Fsp3) is 0.909. The summed E-state index contributed by atoms with van der Waals surface area (Å²) in [5.74, 6) is 1.83. The number of amides is 1. The number of carbonyl (C=O) groups is 1. The van der Waals surface area contributed by atoms with Crippen LogP contribution in [-0.4, -0.2) is 46.1 Å². The van der Waals surface area contributed by atoms with Gasteiger partial charge in [0.05, 0.1) is 17.9 Å². The molecule has 2 heterocycles. The summed E-state index contributed by atoms with van der Waals surface area (Å²) in [6.45, 7) is 3.07. The molecular weight excluding hydrogens is 210 g/mol. The number of likely N-dealkylation sites (tertiary alicyclic amines) is 1. The predicted molar refractivity (Wildman–Crippen MR) is 61.8 cm³/mol. The Bertz CT molecular complexity index is 241. The van der Waals surface area contributed by atoms with E-state index in [1.54, 1.807) is 11.8 Å². The highest BCUT2D eigenvalue weighted by Crippen LogP contribution is 2.31. The fourth-order valence-corrected chi connectivity index (χ4v) is 3.75. The van der Waals surface area contributed by atoms with Crippen molar-refractivity contribution in [3.05, 3.63) is 0 Å². The van der Waals surface area contributed by atoms with Gasteiger partial charge in [-0.2, -0.15) is 0 Å². The summed E-state index contributed by atoms with van der Waals surface area (Å²) >= 11 is 1.78. The van der Waals surface area contributed by atoms with Gasteiger partial charge in [0.1, 0.15) is 0 Å². The Labute approximate surface area is 95.2 Å². The summed E-state index contributed by atoms with van der Waals surface area (Å²) in [5, 5.41) is 9.47. The van der Waals surface area contributed by atoms with Crippen LogP contribution in [0.2, 0.25) is 0 Å². The Kier molecular flexibility index (Phi) is 3.57. The molecule has 0 bridgehead atoms. The Hall–Kier alpha value is -0.220. The first-order valence-electron chi connectivity index (χ1n) is 5.77. The monoisotopic (exact) mass is 229 g/mol. The van der Waals surface area contributed by atoms with Crippen LogP contribution in [0.1, 0.15) is 26.2 Å². The van der Waals surface area contributed by atoms with Crippen molar-refractivity contribution in [3.8, 4) is 0 Å². The van der Waals surface area contributed by atoms with Crippen LogP contribution in [0.4, 0.5) is 0 Å². The molecule has 0 aromatic rings. The minimum absolute atomic E-state index is 0.0682. The number of aliphatic hydroxyl groups is 1. The SMILES string of the molecule is CC1CCN(C(=O)C2CCCS2)C1CO. The van der Waals surface area contributed by atoms with Crippen molar-refractivity contribution in [2.45, 2.75) is 37.5 Å². The van der Waals surface area contributed by atoms with Crippen LogP contribution < -0.4 is 0 Å². The van der Waals surface area contributed by atoms with Gasteiger partial charge >= 0.3 is 0 Å². The molecule has 2 aliphatic heterocycles. The van der Waals surface area contributed by atoms with Gasteiger partial charge in [-0.1, -0.05) is 6.92 Å². The minimum atomic E-state index is 0.0682. The molecule has 3 atom stereocenters. The van der Waals surface area contributed by atoms with Gasteiger partial charge in [-0.25, -0.2) is 0 Å². The molecule has 15 heavy (non-hydrogen) atoms. The molecule has 1 N–H and O–H groups in total. The molecule has 0 radical (unpaired) electrons. The molecule has 3 nitrogen and oxygen atoms in total. The second kappa shape index (κ2) is 4.74. The highest BCUT2D eigenvalue weighted by Gasteiger charge is 2.37. The van der Waals surface area contributed by atoms with E-state index in [1.165, 1.54) is 0 Å². The van der Waals surface area contributed by atoms with Gasteiger partial charge in [0.2, 0.25) is 5.91 Å². The van der Waals surface area contributed by atoms with Gasteiger partial charge in [0.15, 0.2) is 0 Å². The average molecular weight is 229 g/mol. The molecule has 2 saturated heterocycles. The number of rotatable bonds is 2. The summed E-state index contributed by atoms with van der Waals surface area (Å²) in [7, 11) is 0. The zero-order valence-corrected chi connectivity index (χ0v) is 10.0. The lowest BCUT2D eigenvalue weighted by atomic mass is 10.0. The van der Waals surface area contributed by atoms with Crippen molar-refractivity contribution >= 4 is 17.7 Å². The third-order valence-electron chi connectivity index (χ3n) is 3.56. The van der Waals surface area contributed by atoms with E-state index in [9.17, 15) is 9.90 Å². The molecule has 1 amide bonds. The molecule has 2 rings (SSSR count). The van der Waals surface area contributed by atoms with E-state index in [0.29, 0.717) is 5.92 Å². The third-order valence-corrected chi connectivity index (χ3v) is 4.92. The van der Waals surface area contributed by atoms with Gasteiger partial charge in [-0.05, 0) is 30.9 Å². The van der Waals surface area contributed by atoms with Crippen molar-refractivity contribution in [1.82, 2.24) is 4.90 Å². The maximum atomic E-state index is 12.2. The largest absolute Gasteiger partial charge is 0.394 e. The van der Waals surface area contributed by atoms with E-state index in [0.717, 1.165) is 31.6 Å². The zero-order valence-electron chi connectivity index (χ0n) is 9.19. The third kappa shape index (κ3) is 2.16. The second-order valence-corrected chi connectivity index (χ2v) is 5.86. The summed E-state index contributed by atoms with van der Waals surface area (Å²) in [5.41, 5.74) is 0. The van der Waals surface area contributed by atoms with E-state index in [2.05, 4.69) is 6.92 Å². The number of nitrogens with zero attached hydrogens (tertiary/aromatic N) is 1. The molecule has 0 aliphatic carbocycles. The van der Waals surface area contributed by atoms with Gasteiger partial charge in [-0.15, -0.1) is 11.8 Å².